The molecule has 3 aromatic rings. The number of hydrogen-bond acceptors (Lipinski definition) is 3. The molecule has 0 aliphatic heterocycles. The Morgan fingerprint density at radius 2 is 1.81 bits per heavy atom. The lowest BCUT2D eigenvalue weighted by Gasteiger charge is -2.12. The third-order valence-corrected chi connectivity index (χ3v) is 3.71. The molecule has 0 atom stereocenters. The van der Waals surface area contributed by atoms with Gasteiger partial charge in [0.05, 0.1) is 23.3 Å². The highest BCUT2D eigenvalue weighted by Crippen LogP contribution is 2.33. The summed E-state index contributed by atoms with van der Waals surface area (Å²) in [5.41, 5.74) is 0.818. The number of nitrogens with one attached hydrogen (secondary N) is 1. The van der Waals surface area contributed by atoms with Crippen molar-refractivity contribution >= 4 is 10.9 Å². The summed E-state index contributed by atoms with van der Waals surface area (Å²) in [4.78, 5) is 4.57. The van der Waals surface area contributed by atoms with Crippen molar-refractivity contribution < 1.29 is 17.9 Å². The summed E-state index contributed by atoms with van der Waals surface area (Å²) in [5, 5.41) is 3.90. The molecule has 0 saturated carbocycles. The predicted molar refractivity (Wildman–Crippen MR) is 94.9 cm³/mol. The van der Waals surface area contributed by atoms with E-state index in [-0.39, 0.29) is 0 Å². The Morgan fingerprint density at radius 1 is 1.08 bits per heavy atom. The van der Waals surface area contributed by atoms with Crippen LogP contribution in [0.25, 0.3) is 10.9 Å². The van der Waals surface area contributed by atoms with Crippen LogP contribution in [0.4, 0.5) is 13.2 Å². The normalized spacial score (nSPS) is 11.8. The van der Waals surface area contributed by atoms with Crippen molar-refractivity contribution in [2.45, 2.75) is 19.6 Å². The molecular weight excluding hydrogens is 341 g/mol. The summed E-state index contributed by atoms with van der Waals surface area (Å²) >= 11 is 0. The average Bonchev–Trinajstić information content (AvgIpc) is 2.62. The minimum atomic E-state index is -4.37. The van der Waals surface area contributed by atoms with Crippen molar-refractivity contribution in [2.75, 3.05) is 0 Å². The first-order chi connectivity index (χ1) is 12.5. The van der Waals surface area contributed by atoms with E-state index in [2.05, 4.69) is 10.3 Å². The molecule has 0 fully saturated rings. The van der Waals surface area contributed by atoms with Gasteiger partial charge < -0.3 is 10.1 Å². The number of rotatable bonds is 5. The van der Waals surface area contributed by atoms with E-state index >= 15 is 0 Å². The molecule has 6 heteroatoms. The summed E-state index contributed by atoms with van der Waals surface area (Å²) in [6.45, 7) is 2.42. The number of halogens is 3. The summed E-state index contributed by atoms with van der Waals surface area (Å²) in [7, 11) is 0. The van der Waals surface area contributed by atoms with Gasteiger partial charge >= 0.3 is 6.18 Å². The number of aromatic nitrogens is 1. The number of pyridine rings is 1. The fraction of sp³-hybridized carbons (Fsp3) is 0.150. The Morgan fingerprint density at radius 3 is 2.50 bits per heavy atom. The second-order valence-electron chi connectivity index (χ2n) is 5.63. The van der Waals surface area contributed by atoms with E-state index < -0.39 is 11.7 Å². The molecule has 2 aromatic carbocycles. The van der Waals surface area contributed by atoms with Crippen LogP contribution in [0.5, 0.6) is 11.5 Å². The number of alkyl halides is 3. The van der Waals surface area contributed by atoms with Crippen molar-refractivity contribution in [2.24, 2.45) is 0 Å². The van der Waals surface area contributed by atoms with Crippen molar-refractivity contribution in [1.29, 1.82) is 0 Å². The topological polar surface area (TPSA) is 34.1 Å². The molecule has 1 N–H and O–H groups in total. The average molecular weight is 358 g/mol. The second kappa shape index (κ2) is 7.47. The summed E-state index contributed by atoms with van der Waals surface area (Å²) in [5.74, 6) is 0.884. The Bertz CT molecular complexity index is 918. The molecule has 0 saturated heterocycles. The van der Waals surface area contributed by atoms with Crippen LogP contribution in [0.3, 0.4) is 0 Å². The Hall–Kier alpha value is -3.02. The van der Waals surface area contributed by atoms with E-state index in [4.69, 9.17) is 4.74 Å². The molecule has 0 unspecified atom stereocenters. The smallest absolute Gasteiger partial charge is 0.416 e. The number of fused-ring (bicyclic) bond motifs is 1. The molecule has 26 heavy (non-hydrogen) atoms. The monoisotopic (exact) mass is 358 g/mol. The van der Waals surface area contributed by atoms with E-state index in [0.29, 0.717) is 18.0 Å². The highest BCUT2D eigenvalue weighted by Gasteiger charge is 2.30. The summed E-state index contributed by atoms with van der Waals surface area (Å²) in [6, 6.07) is 13.9. The van der Waals surface area contributed by atoms with Gasteiger partial charge in [-0.25, -0.2) is 0 Å². The molecule has 0 radical (unpaired) electrons. The van der Waals surface area contributed by atoms with Crippen LogP contribution in [0.2, 0.25) is 0 Å². The number of benzene rings is 2. The minimum absolute atomic E-state index is 0.335. The van der Waals surface area contributed by atoms with Crippen LogP contribution in [-0.4, -0.2) is 4.98 Å². The molecular formula is C20H17F3N2O. The van der Waals surface area contributed by atoms with E-state index in [1.165, 1.54) is 12.1 Å². The van der Waals surface area contributed by atoms with Gasteiger partial charge in [-0.05, 0) is 49.5 Å². The lowest BCUT2D eigenvalue weighted by Crippen LogP contribution is -2.06. The Labute approximate surface area is 149 Å². The van der Waals surface area contributed by atoms with Crippen LogP contribution >= 0.6 is 0 Å². The zero-order valence-electron chi connectivity index (χ0n) is 14.0. The van der Waals surface area contributed by atoms with Gasteiger partial charge in [-0.15, -0.1) is 0 Å². The predicted octanol–water partition coefficient (Wildman–Crippen LogP) is 5.67. The Balaban J connectivity index is 1.92. The highest BCUT2D eigenvalue weighted by atomic mass is 19.4. The first-order valence-electron chi connectivity index (χ1n) is 8.05. The van der Waals surface area contributed by atoms with Crippen LogP contribution < -0.4 is 10.1 Å². The molecule has 0 aliphatic rings. The molecule has 1 aromatic heterocycles. The van der Waals surface area contributed by atoms with Crippen molar-refractivity contribution in [3.05, 3.63) is 78.1 Å². The maximum atomic E-state index is 12.7. The largest absolute Gasteiger partial charge is 0.457 e. The second-order valence-corrected chi connectivity index (χ2v) is 5.63. The van der Waals surface area contributed by atoms with Gasteiger partial charge in [-0.3, -0.25) is 4.98 Å². The highest BCUT2D eigenvalue weighted by molar-refractivity contribution is 5.85. The van der Waals surface area contributed by atoms with E-state index in [0.717, 1.165) is 28.7 Å². The van der Waals surface area contributed by atoms with Crippen LogP contribution in [0, 0.1) is 0 Å². The fourth-order valence-electron chi connectivity index (χ4n) is 2.49. The molecule has 1 heterocycles. The number of nitrogens with zero attached hydrogens (tertiary/aromatic N) is 1. The number of hydrogen-bond donors (Lipinski definition) is 1. The lowest BCUT2D eigenvalue weighted by atomic mass is 10.1. The van der Waals surface area contributed by atoms with Crippen LogP contribution in [0.1, 0.15) is 18.2 Å². The number of ether oxygens (including phenoxy) is 1. The molecule has 3 rings (SSSR count). The first-order valence-corrected chi connectivity index (χ1v) is 8.05. The molecule has 0 aliphatic carbocycles. The van der Waals surface area contributed by atoms with Crippen molar-refractivity contribution in [3.8, 4) is 11.5 Å². The standard InChI is InChI=1S/C20H17F3N2O/c1-2-11-24-13-15-12-19(17-5-3-4-6-18(17)25-15)26-16-9-7-14(8-10-16)20(21,22)23/h2-12,24H,13H2,1H3. The van der Waals surface area contributed by atoms with E-state index in [1.54, 1.807) is 6.07 Å². The molecule has 3 nitrogen and oxygen atoms in total. The Kier molecular flexibility index (Phi) is 5.11. The molecule has 0 spiro atoms. The quantitative estimate of drug-likeness (QED) is 0.638. The number of allylic oxidation sites excluding steroid dienone is 1. The molecule has 0 bridgehead atoms. The number of para-hydroxylation sites is 1. The van der Waals surface area contributed by atoms with Gasteiger partial charge in [0.1, 0.15) is 11.5 Å². The van der Waals surface area contributed by atoms with Gasteiger partial charge in [0, 0.05) is 11.5 Å². The van der Waals surface area contributed by atoms with Crippen molar-refractivity contribution in [1.82, 2.24) is 10.3 Å². The molecule has 134 valence electrons. The zero-order valence-corrected chi connectivity index (χ0v) is 14.0. The van der Waals surface area contributed by atoms with Gasteiger partial charge in [-0.1, -0.05) is 18.2 Å². The minimum Gasteiger partial charge on any atom is -0.457 e. The molecule has 0 amide bonds. The van der Waals surface area contributed by atoms with E-state index in [1.807, 2.05) is 43.5 Å². The maximum Gasteiger partial charge on any atom is 0.416 e. The maximum absolute atomic E-state index is 12.7. The summed E-state index contributed by atoms with van der Waals surface area (Å²) in [6.07, 6.45) is -0.679. The van der Waals surface area contributed by atoms with Gasteiger partial charge in [0.25, 0.3) is 0 Å². The fourth-order valence-corrected chi connectivity index (χ4v) is 2.49. The third-order valence-electron chi connectivity index (χ3n) is 3.71. The van der Waals surface area contributed by atoms with Crippen molar-refractivity contribution in [3.63, 3.8) is 0 Å². The summed E-state index contributed by atoms with van der Waals surface area (Å²) < 4.78 is 43.9. The van der Waals surface area contributed by atoms with Gasteiger partial charge in [0.2, 0.25) is 0 Å². The van der Waals surface area contributed by atoms with E-state index in [9.17, 15) is 13.2 Å². The third kappa shape index (κ3) is 4.14. The first kappa shape index (κ1) is 17.8. The zero-order chi connectivity index (χ0) is 18.6. The lowest BCUT2D eigenvalue weighted by molar-refractivity contribution is -0.137. The van der Waals surface area contributed by atoms with Gasteiger partial charge in [0.15, 0.2) is 0 Å². The van der Waals surface area contributed by atoms with Crippen LogP contribution in [0.15, 0.2) is 66.9 Å². The van der Waals surface area contributed by atoms with Gasteiger partial charge in [-0.2, -0.15) is 13.2 Å². The van der Waals surface area contributed by atoms with Crippen LogP contribution in [-0.2, 0) is 12.7 Å². The SMILES string of the molecule is CC=CNCc1cc(Oc2ccc(C(F)(F)F)cc2)c2ccccc2n1.